The standard InChI is InChI=1S/C28H31Cl2N3O4S/c1-5-31-28(35)21(4)32(17-22-7-6-8-23(29)16-22)27(34)18-33(26-14-11-24(30)15-20(26)3)38(36,37)25-12-9-19(2)10-13-25/h6-16,21H,5,17-18H2,1-4H3,(H,31,35)/t21-/m1/s1. The molecule has 3 rings (SSSR count). The van der Waals surface area contributed by atoms with Gasteiger partial charge in [0.25, 0.3) is 10.0 Å². The van der Waals surface area contributed by atoms with E-state index < -0.39 is 28.5 Å². The molecule has 38 heavy (non-hydrogen) atoms. The van der Waals surface area contributed by atoms with Crippen molar-refractivity contribution in [3.8, 4) is 0 Å². The van der Waals surface area contributed by atoms with Gasteiger partial charge in [0.1, 0.15) is 12.6 Å². The summed E-state index contributed by atoms with van der Waals surface area (Å²) in [4.78, 5) is 28.0. The summed E-state index contributed by atoms with van der Waals surface area (Å²) in [6.45, 7) is 6.91. The number of carbonyl (C=O) groups is 2. The fourth-order valence-corrected chi connectivity index (χ4v) is 5.90. The van der Waals surface area contributed by atoms with Gasteiger partial charge in [0.15, 0.2) is 0 Å². The van der Waals surface area contributed by atoms with Crippen LogP contribution in [-0.4, -0.2) is 44.3 Å². The molecule has 202 valence electrons. The molecule has 0 aliphatic carbocycles. The number of hydrogen-bond acceptors (Lipinski definition) is 4. The molecule has 0 spiro atoms. The van der Waals surface area contributed by atoms with E-state index in [4.69, 9.17) is 23.2 Å². The van der Waals surface area contributed by atoms with E-state index >= 15 is 0 Å². The summed E-state index contributed by atoms with van der Waals surface area (Å²) in [5.74, 6) is -0.896. The smallest absolute Gasteiger partial charge is 0.264 e. The number of nitrogens with one attached hydrogen (secondary N) is 1. The van der Waals surface area contributed by atoms with Gasteiger partial charge in [-0.25, -0.2) is 8.42 Å². The second-order valence-electron chi connectivity index (χ2n) is 8.98. The molecule has 0 unspecified atom stereocenters. The Labute approximate surface area is 234 Å². The summed E-state index contributed by atoms with van der Waals surface area (Å²) in [7, 11) is -4.15. The highest BCUT2D eigenvalue weighted by atomic mass is 35.5. The molecular weight excluding hydrogens is 545 g/mol. The number of nitrogens with zero attached hydrogens (tertiary/aromatic N) is 2. The molecule has 0 fully saturated rings. The first-order valence-electron chi connectivity index (χ1n) is 12.1. The predicted octanol–water partition coefficient (Wildman–Crippen LogP) is 5.36. The van der Waals surface area contributed by atoms with E-state index in [0.717, 1.165) is 9.87 Å². The van der Waals surface area contributed by atoms with Gasteiger partial charge in [-0.2, -0.15) is 0 Å². The topological polar surface area (TPSA) is 86.8 Å². The molecule has 0 bridgehead atoms. The van der Waals surface area contributed by atoms with Crippen LogP contribution < -0.4 is 9.62 Å². The lowest BCUT2D eigenvalue weighted by Crippen LogP contribution is -2.51. The summed E-state index contributed by atoms with van der Waals surface area (Å²) in [5, 5.41) is 3.66. The number of amides is 2. The molecule has 7 nitrogen and oxygen atoms in total. The molecular formula is C28H31Cl2N3O4S. The van der Waals surface area contributed by atoms with Gasteiger partial charge in [-0.15, -0.1) is 0 Å². The van der Waals surface area contributed by atoms with Gasteiger partial charge < -0.3 is 10.2 Å². The van der Waals surface area contributed by atoms with E-state index in [2.05, 4.69) is 5.32 Å². The number of anilines is 1. The normalized spacial score (nSPS) is 12.1. The van der Waals surface area contributed by atoms with Gasteiger partial charge in [-0.05, 0) is 81.3 Å². The molecule has 0 saturated heterocycles. The van der Waals surface area contributed by atoms with E-state index in [1.807, 2.05) is 6.92 Å². The molecule has 3 aromatic carbocycles. The third kappa shape index (κ3) is 7.07. The van der Waals surface area contributed by atoms with Crippen LogP contribution >= 0.6 is 23.2 Å². The quantitative estimate of drug-likeness (QED) is 0.352. The first kappa shape index (κ1) is 29.5. The maximum atomic E-state index is 13.9. The second kappa shape index (κ2) is 12.7. The summed E-state index contributed by atoms with van der Waals surface area (Å²) < 4.78 is 28.8. The highest BCUT2D eigenvalue weighted by Crippen LogP contribution is 2.29. The molecule has 0 aliphatic rings. The van der Waals surface area contributed by atoms with Gasteiger partial charge in [0.05, 0.1) is 10.6 Å². The minimum absolute atomic E-state index is 0.0448. The number of benzene rings is 3. The summed E-state index contributed by atoms with van der Waals surface area (Å²) in [6, 6.07) is 17.3. The third-order valence-corrected chi connectivity index (χ3v) is 8.32. The SMILES string of the molecule is CCNC(=O)[C@@H](C)N(Cc1cccc(Cl)c1)C(=O)CN(c1ccc(Cl)cc1C)S(=O)(=O)c1ccc(C)cc1. The maximum Gasteiger partial charge on any atom is 0.264 e. The lowest BCUT2D eigenvalue weighted by atomic mass is 10.1. The lowest BCUT2D eigenvalue weighted by molar-refractivity contribution is -0.139. The number of halogens is 2. The molecule has 1 N–H and O–H groups in total. The Morgan fingerprint density at radius 1 is 0.947 bits per heavy atom. The predicted molar refractivity (Wildman–Crippen MR) is 152 cm³/mol. The zero-order chi connectivity index (χ0) is 28.0. The lowest BCUT2D eigenvalue weighted by Gasteiger charge is -2.32. The Kier molecular flexibility index (Phi) is 9.82. The molecule has 10 heteroatoms. The van der Waals surface area contributed by atoms with E-state index in [0.29, 0.717) is 33.4 Å². The van der Waals surface area contributed by atoms with Crippen LogP contribution in [0.1, 0.15) is 30.5 Å². The van der Waals surface area contributed by atoms with Gasteiger partial charge >= 0.3 is 0 Å². The average molecular weight is 577 g/mol. The molecule has 0 saturated carbocycles. The van der Waals surface area contributed by atoms with Crippen molar-refractivity contribution in [3.05, 3.63) is 93.5 Å². The van der Waals surface area contributed by atoms with Crippen molar-refractivity contribution >= 4 is 50.7 Å². The van der Waals surface area contributed by atoms with Crippen molar-refractivity contribution in [1.82, 2.24) is 10.2 Å². The van der Waals surface area contributed by atoms with Crippen molar-refractivity contribution in [2.75, 3.05) is 17.4 Å². The highest BCUT2D eigenvalue weighted by Gasteiger charge is 2.33. The minimum Gasteiger partial charge on any atom is -0.355 e. The highest BCUT2D eigenvalue weighted by molar-refractivity contribution is 7.92. The Bertz CT molecular complexity index is 1410. The zero-order valence-electron chi connectivity index (χ0n) is 21.7. The third-order valence-electron chi connectivity index (χ3n) is 6.08. The molecule has 0 aromatic heterocycles. The van der Waals surface area contributed by atoms with Crippen LogP contribution in [0.5, 0.6) is 0 Å². The van der Waals surface area contributed by atoms with Crippen LogP contribution in [-0.2, 0) is 26.2 Å². The number of rotatable bonds is 10. The van der Waals surface area contributed by atoms with Crippen LogP contribution in [0.25, 0.3) is 0 Å². The number of likely N-dealkylation sites (N-methyl/N-ethyl adjacent to an activating group) is 1. The largest absolute Gasteiger partial charge is 0.355 e. The monoisotopic (exact) mass is 575 g/mol. The van der Waals surface area contributed by atoms with E-state index in [9.17, 15) is 18.0 Å². The van der Waals surface area contributed by atoms with Gasteiger partial charge in [-0.3, -0.25) is 13.9 Å². The molecule has 0 radical (unpaired) electrons. The van der Waals surface area contributed by atoms with Gasteiger partial charge in [0, 0.05) is 23.1 Å². The maximum absolute atomic E-state index is 13.9. The molecule has 0 aliphatic heterocycles. The van der Waals surface area contributed by atoms with Crippen LogP contribution in [0.15, 0.2) is 71.6 Å². The molecule has 0 heterocycles. The van der Waals surface area contributed by atoms with Crippen molar-refractivity contribution in [2.45, 2.75) is 45.2 Å². The molecule has 3 aromatic rings. The van der Waals surface area contributed by atoms with Crippen molar-refractivity contribution < 1.29 is 18.0 Å². The second-order valence-corrected chi connectivity index (χ2v) is 11.7. The first-order chi connectivity index (χ1) is 17.9. The Hall–Kier alpha value is -3.07. The Balaban J connectivity index is 2.07. The van der Waals surface area contributed by atoms with Crippen LogP contribution in [0.3, 0.4) is 0 Å². The van der Waals surface area contributed by atoms with Crippen molar-refractivity contribution in [1.29, 1.82) is 0 Å². The van der Waals surface area contributed by atoms with E-state index in [-0.39, 0.29) is 17.3 Å². The zero-order valence-corrected chi connectivity index (χ0v) is 24.1. The first-order valence-corrected chi connectivity index (χ1v) is 14.3. The van der Waals surface area contributed by atoms with Gasteiger partial charge in [0.2, 0.25) is 11.8 Å². The Morgan fingerprint density at radius 3 is 2.21 bits per heavy atom. The van der Waals surface area contributed by atoms with Gasteiger partial charge in [-0.1, -0.05) is 53.0 Å². The number of sulfonamides is 1. The number of hydrogen-bond donors (Lipinski definition) is 1. The van der Waals surface area contributed by atoms with Crippen molar-refractivity contribution in [2.24, 2.45) is 0 Å². The van der Waals surface area contributed by atoms with Crippen LogP contribution in [0, 0.1) is 13.8 Å². The molecule has 2 amide bonds. The Morgan fingerprint density at radius 2 is 1.61 bits per heavy atom. The number of carbonyl (C=O) groups excluding carboxylic acids is 2. The summed E-state index contributed by atoms with van der Waals surface area (Å²) in [5.41, 5.74) is 2.51. The van der Waals surface area contributed by atoms with E-state index in [1.165, 1.54) is 17.0 Å². The van der Waals surface area contributed by atoms with E-state index in [1.54, 1.807) is 75.4 Å². The summed E-state index contributed by atoms with van der Waals surface area (Å²) >= 11 is 12.3. The fourth-order valence-electron chi connectivity index (χ4n) is 3.99. The number of aryl methyl sites for hydroxylation is 2. The van der Waals surface area contributed by atoms with Crippen LogP contribution in [0.2, 0.25) is 10.0 Å². The van der Waals surface area contributed by atoms with Crippen molar-refractivity contribution in [3.63, 3.8) is 0 Å². The summed E-state index contributed by atoms with van der Waals surface area (Å²) in [6.07, 6.45) is 0. The fraction of sp³-hybridized carbons (Fsp3) is 0.286. The minimum atomic E-state index is -4.15. The van der Waals surface area contributed by atoms with Crippen LogP contribution in [0.4, 0.5) is 5.69 Å². The molecule has 1 atom stereocenters. The average Bonchev–Trinajstić information content (AvgIpc) is 2.86.